The first-order valence-corrected chi connectivity index (χ1v) is 10.1. The zero-order valence-electron chi connectivity index (χ0n) is 16.5. The molecule has 2 unspecified atom stereocenters. The molecular weight excluding hydrogens is 334 g/mol. The average molecular weight is 366 g/mol. The van der Waals surface area contributed by atoms with Crippen LogP contribution in [0, 0.1) is 0 Å². The third-order valence-corrected chi connectivity index (χ3v) is 5.32. The van der Waals surface area contributed by atoms with Gasteiger partial charge in [0, 0.05) is 31.2 Å². The van der Waals surface area contributed by atoms with Crippen LogP contribution in [-0.2, 0) is 6.54 Å². The zero-order valence-corrected chi connectivity index (χ0v) is 16.5. The number of nitrogens with one attached hydrogen (secondary N) is 1. The van der Waals surface area contributed by atoms with E-state index in [-0.39, 0.29) is 12.1 Å². The molecule has 3 rings (SSSR count). The summed E-state index contributed by atoms with van der Waals surface area (Å²) in [6, 6.07) is 20.6. The normalized spacial score (nSPS) is 18.8. The fraction of sp³-hybridized carbons (Fsp3) is 0.435. The molecule has 1 heterocycles. The van der Waals surface area contributed by atoms with Crippen LogP contribution in [0.5, 0.6) is 0 Å². The maximum absolute atomic E-state index is 12.8. The average Bonchev–Trinajstić information content (AvgIpc) is 2.70. The Bertz CT molecular complexity index is 704. The molecule has 2 aromatic rings. The summed E-state index contributed by atoms with van der Waals surface area (Å²) in [4.78, 5) is 17.3. The quantitative estimate of drug-likeness (QED) is 0.759. The van der Waals surface area contributed by atoms with Gasteiger partial charge in [-0.25, -0.2) is 0 Å². The number of hydrogen-bond acceptors (Lipinski definition) is 3. The van der Waals surface area contributed by atoms with Gasteiger partial charge in [-0.2, -0.15) is 0 Å². The van der Waals surface area contributed by atoms with Gasteiger partial charge < -0.3 is 4.90 Å². The number of nitrogens with zero attached hydrogens (tertiary/aromatic N) is 2. The summed E-state index contributed by atoms with van der Waals surface area (Å²) in [7, 11) is 0. The molecule has 0 radical (unpaired) electrons. The number of rotatable bonds is 7. The van der Waals surface area contributed by atoms with E-state index in [9.17, 15) is 4.79 Å². The number of amides is 1. The predicted octanol–water partition coefficient (Wildman–Crippen LogP) is 3.75. The maximum Gasteiger partial charge on any atom is 0.255 e. The molecule has 0 aromatic heterocycles. The van der Waals surface area contributed by atoms with Gasteiger partial charge in [-0.1, -0.05) is 48.5 Å². The van der Waals surface area contributed by atoms with Crippen molar-refractivity contribution in [2.75, 3.05) is 19.6 Å². The molecule has 0 bridgehead atoms. The maximum atomic E-state index is 12.8. The Hall–Kier alpha value is -2.17. The lowest BCUT2D eigenvalue weighted by Gasteiger charge is -2.37. The van der Waals surface area contributed by atoms with E-state index in [0.717, 1.165) is 31.6 Å². The molecule has 1 aliphatic heterocycles. The third-order valence-electron chi connectivity index (χ3n) is 5.32. The lowest BCUT2D eigenvalue weighted by Crippen LogP contribution is -2.54. The lowest BCUT2D eigenvalue weighted by atomic mass is 10.0. The molecular formula is C23H31N3O. The number of piperidine rings is 1. The molecule has 0 spiro atoms. The molecule has 1 N–H and O–H groups in total. The second kappa shape index (κ2) is 9.67. The van der Waals surface area contributed by atoms with Crippen molar-refractivity contribution in [1.82, 2.24) is 15.1 Å². The monoisotopic (exact) mass is 365 g/mol. The number of benzene rings is 2. The lowest BCUT2D eigenvalue weighted by molar-refractivity contribution is 0.0632. The first kappa shape index (κ1) is 19.6. The molecule has 0 saturated carbocycles. The van der Waals surface area contributed by atoms with Crippen LogP contribution in [0.3, 0.4) is 0 Å². The topological polar surface area (TPSA) is 35.6 Å². The van der Waals surface area contributed by atoms with Crippen LogP contribution in [0.15, 0.2) is 60.7 Å². The molecule has 144 valence electrons. The van der Waals surface area contributed by atoms with E-state index in [4.69, 9.17) is 0 Å². The van der Waals surface area contributed by atoms with Crippen molar-refractivity contribution in [3.05, 3.63) is 71.8 Å². The molecule has 4 nitrogen and oxygen atoms in total. The van der Waals surface area contributed by atoms with Gasteiger partial charge in [0.1, 0.15) is 0 Å². The molecule has 2 atom stereocenters. The largest absolute Gasteiger partial charge is 0.324 e. The summed E-state index contributed by atoms with van der Waals surface area (Å²) in [5.41, 5.74) is 2.11. The van der Waals surface area contributed by atoms with Gasteiger partial charge in [-0.05, 0) is 50.9 Å². The Balaban J connectivity index is 1.57. The van der Waals surface area contributed by atoms with Crippen LogP contribution in [0.1, 0.15) is 42.6 Å². The van der Waals surface area contributed by atoms with Crippen molar-refractivity contribution in [2.45, 2.75) is 45.4 Å². The van der Waals surface area contributed by atoms with Gasteiger partial charge in [0.15, 0.2) is 0 Å². The smallest absolute Gasteiger partial charge is 0.255 e. The van der Waals surface area contributed by atoms with E-state index in [2.05, 4.69) is 47.5 Å². The standard InChI is InChI=1S/C23H31N3O/c1-3-26(23(27)21-13-8-5-9-14-21)19(2)24-22-15-10-16-25(18-22)17-20-11-6-4-7-12-20/h4-9,11-14,19,22,24H,3,10,15-18H2,1-2H3. The first-order chi connectivity index (χ1) is 13.2. The van der Waals surface area contributed by atoms with Crippen LogP contribution in [0.25, 0.3) is 0 Å². The Labute approximate surface area is 163 Å². The Morgan fingerprint density at radius 3 is 2.48 bits per heavy atom. The van der Waals surface area contributed by atoms with E-state index in [1.807, 2.05) is 42.2 Å². The van der Waals surface area contributed by atoms with Crippen LogP contribution in [0.4, 0.5) is 0 Å². The van der Waals surface area contributed by atoms with E-state index in [1.54, 1.807) is 0 Å². The van der Waals surface area contributed by atoms with Crippen LogP contribution >= 0.6 is 0 Å². The number of carbonyl (C=O) groups is 1. The van der Waals surface area contributed by atoms with Crippen molar-refractivity contribution < 1.29 is 4.79 Å². The van der Waals surface area contributed by atoms with Gasteiger partial charge in [-0.15, -0.1) is 0 Å². The first-order valence-electron chi connectivity index (χ1n) is 10.1. The highest BCUT2D eigenvalue weighted by molar-refractivity contribution is 5.94. The summed E-state index contributed by atoms with van der Waals surface area (Å²) in [6.07, 6.45) is 2.37. The van der Waals surface area contributed by atoms with Gasteiger partial charge in [0.05, 0.1) is 6.17 Å². The highest BCUT2D eigenvalue weighted by atomic mass is 16.2. The highest BCUT2D eigenvalue weighted by Crippen LogP contribution is 2.15. The zero-order chi connectivity index (χ0) is 19.1. The van der Waals surface area contributed by atoms with Crippen LogP contribution in [-0.4, -0.2) is 47.5 Å². The number of carbonyl (C=O) groups excluding carboxylic acids is 1. The summed E-state index contributed by atoms with van der Waals surface area (Å²) < 4.78 is 0. The van der Waals surface area contributed by atoms with E-state index < -0.39 is 0 Å². The Morgan fingerprint density at radius 1 is 1.15 bits per heavy atom. The summed E-state index contributed by atoms with van der Waals surface area (Å²) in [6.45, 7) is 8.00. The molecule has 2 aromatic carbocycles. The minimum absolute atomic E-state index is 0.0179. The van der Waals surface area contributed by atoms with E-state index in [0.29, 0.717) is 12.6 Å². The summed E-state index contributed by atoms with van der Waals surface area (Å²) in [5.74, 6) is 0.0926. The van der Waals surface area contributed by atoms with Crippen molar-refractivity contribution >= 4 is 5.91 Å². The van der Waals surface area contributed by atoms with Gasteiger partial charge in [0.2, 0.25) is 0 Å². The number of likely N-dealkylation sites (tertiary alicyclic amines) is 1. The van der Waals surface area contributed by atoms with Crippen molar-refractivity contribution in [3.8, 4) is 0 Å². The van der Waals surface area contributed by atoms with Gasteiger partial charge in [-0.3, -0.25) is 15.0 Å². The second-order valence-electron chi connectivity index (χ2n) is 7.36. The highest BCUT2D eigenvalue weighted by Gasteiger charge is 2.25. The molecule has 27 heavy (non-hydrogen) atoms. The molecule has 1 aliphatic rings. The van der Waals surface area contributed by atoms with Crippen LogP contribution in [0.2, 0.25) is 0 Å². The van der Waals surface area contributed by atoms with E-state index >= 15 is 0 Å². The fourth-order valence-corrected chi connectivity index (χ4v) is 3.95. The SMILES string of the molecule is CCN(C(=O)c1ccccc1)C(C)NC1CCCN(Cc2ccccc2)C1. The summed E-state index contributed by atoms with van der Waals surface area (Å²) in [5, 5.41) is 3.70. The molecule has 1 amide bonds. The summed E-state index contributed by atoms with van der Waals surface area (Å²) >= 11 is 0. The molecule has 0 aliphatic carbocycles. The Morgan fingerprint density at radius 2 is 1.81 bits per heavy atom. The third kappa shape index (κ3) is 5.41. The van der Waals surface area contributed by atoms with Crippen molar-refractivity contribution in [3.63, 3.8) is 0 Å². The minimum atomic E-state index is 0.0179. The molecule has 1 saturated heterocycles. The molecule has 1 fully saturated rings. The van der Waals surface area contributed by atoms with Gasteiger partial charge >= 0.3 is 0 Å². The number of hydrogen-bond donors (Lipinski definition) is 1. The fourth-order valence-electron chi connectivity index (χ4n) is 3.95. The van der Waals surface area contributed by atoms with E-state index in [1.165, 1.54) is 12.0 Å². The van der Waals surface area contributed by atoms with Gasteiger partial charge in [0.25, 0.3) is 5.91 Å². The molecule has 4 heteroatoms. The van der Waals surface area contributed by atoms with Crippen molar-refractivity contribution in [1.29, 1.82) is 0 Å². The Kier molecular flexibility index (Phi) is 7.02. The van der Waals surface area contributed by atoms with Crippen molar-refractivity contribution in [2.24, 2.45) is 0 Å². The second-order valence-corrected chi connectivity index (χ2v) is 7.36. The van der Waals surface area contributed by atoms with Crippen LogP contribution < -0.4 is 5.32 Å². The minimum Gasteiger partial charge on any atom is -0.324 e. The predicted molar refractivity (Wildman–Crippen MR) is 110 cm³/mol.